The van der Waals surface area contributed by atoms with E-state index in [-0.39, 0.29) is 29.9 Å². The maximum atomic E-state index is 13.6. The highest BCUT2D eigenvalue weighted by atomic mass is 32.2. The van der Waals surface area contributed by atoms with Gasteiger partial charge in [-0.3, -0.25) is 4.79 Å². The van der Waals surface area contributed by atoms with Crippen molar-refractivity contribution in [2.45, 2.75) is 44.6 Å². The number of ether oxygens (including phenoxy) is 1. The number of rotatable bonds is 8. The Labute approximate surface area is 176 Å². The highest BCUT2D eigenvalue weighted by Crippen LogP contribution is 2.20. The molecule has 1 aliphatic heterocycles. The van der Waals surface area contributed by atoms with E-state index in [1.807, 2.05) is 0 Å². The standard InChI is InChI=1S/C22H26FNO5S/c1-16(2)30(26,27)29-20-10-8-17(9-11-20)14-24(15-21-7-4-12-28-21)22(25)18-5-3-6-19(23)13-18/h3,5-6,8-11,13,16,21H,4,7,12,14-15H2,1-2H3. The van der Waals surface area contributed by atoms with Crippen LogP contribution in [0.3, 0.4) is 0 Å². The fourth-order valence-corrected chi connectivity index (χ4v) is 3.73. The van der Waals surface area contributed by atoms with Crippen LogP contribution in [0.15, 0.2) is 48.5 Å². The van der Waals surface area contributed by atoms with Crippen molar-refractivity contribution in [3.8, 4) is 5.75 Å². The maximum absolute atomic E-state index is 13.6. The lowest BCUT2D eigenvalue weighted by Gasteiger charge is -2.26. The van der Waals surface area contributed by atoms with Crippen molar-refractivity contribution in [3.63, 3.8) is 0 Å². The van der Waals surface area contributed by atoms with E-state index in [1.165, 1.54) is 18.2 Å². The quantitative estimate of drug-likeness (QED) is 0.591. The summed E-state index contributed by atoms with van der Waals surface area (Å²) in [5.74, 6) is -0.534. The van der Waals surface area contributed by atoms with E-state index >= 15 is 0 Å². The minimum Gasteiger partial charge on any atom is -0.382 e. The molecule has 0 aliphatic carbocycles. The highest BCUT2D eigenvalue weighted by Gasteiger charge is 2.24. The second-order valence-corrected chi connectivity index (χ2v) is 9.69. The number of amides is 1. The SMILES string of the molecule is CC(C)S(=O)(=O)Oc1ccc(CN(CC2CCCO2)C(=O)c2cccc(F)c2)cc1. The molecule has 8 heteroatoms. The van der Waals surface area contributed by atoms with Crippen molar-refractivity contribution in [2.75, 3.05) is 13.2 Å². The molecule has 1 amide bonds. The zero-order valence-corrected chi connectivity index (χ0v) is 17.9. The third-order valence-corrected chi connectivity index (χ3v) is 6.47. The van der Waals surface area contributed by atoms with Crippen LogP contribution in [-0.2, 0) is 21.4 Å². The van der Waals surface area contributed by atoms with Gasteiger partial charge in [-0.2, -0.15) is 8.42 Å². The van der Waals surface area contributed by atoms with Gasteiger partial charge in [0.15, 0.2) is 0 Å². The Hall–Kier alpha value is -2.45. The van der Waals surface area contributed by atoms with Crippen molar-refractivity contribution in [2.24, 2.45) is 0 Å². The molecule has 0 spiro atoms. The van der Waals surface area contributed by atoms with Gasteiger partial charge in [-0.05, 0) is 62.6 Å². The first-order valence-corrected chi connectivity index (χ1v) is 11.4. The molecule has 30 heavy (non-hydrogen) atoms. The van der Waals surface area contributed by atoms with Crippen molar-refractivity contribution in [1.29, 1.82) is 0 Å². The summed E-state index contributed by atoms with van der Waals surface area (Å²) in [5, 5.41) is -0.650. The third kappa shape index (κ3) is 5.79. The number of nitrogens with zero attached hydrogens (tertiary/aromatic N) is 1. The molecule has 0 saturated carbocycles. The number of carbonyl (C=O) groups is 1. The Morgan fingerprint density at radius 2 is 1.97 bits per heavy atom. The van der Waals surface area contributed by atoms with E-state index in [9.17, 15) is 17.6 Å². The fraction of sp³-hybridized carbons (Fsp3) is 0.409. The van der Waals surface area contributed by atoms with Gasteiger partial charge in [0.1, 0.15) is 11.6 Å². The molecule has 3 rings (SSSR count). The van der Waals surface area contributed by atoms with E-state index < -0.39 is 21.2 Å². The monoisotopic (exact) mass is 435 g/mol. The second kappa shape index (κ2) is 9.57. The van der Waals surface area contributed by atoms with Crippen LogP contribution in [0.25, 0.3) is 0 Å². The van der Waals surface area contributed by atoms with Gasteiger partial charge in [-0.25, -0.2) is 4.39 Å². The number of hydrogen-bond donors (Lipinski definition) is 0. The summed E-state index contributed by atoms with van der Waals surface area (Å²) in [6, 6.07) is 12.2. The molecular formula is C22H26FNO5S. The van der Waals surface area contributed by atoms with E-state index in [1.54, 1.807) is 49.1 Å². The van der Waals surface area contributed by atoms with Gasteiger partial charge in [0, 0.05) is 25.3 Å². The summed E-state index contributed by atoms with van der Waals surface area (Å²) >= 11 is 0. The van der Waals surface area contributed by atoms with E-state index in [0.717, 1.165) is 18.4 Å². The average Bonchev–Trinajstić information content (AvgIpc) is 3.21. The zero-order chi connectivity index (χ0) is 21.7. The van der Waals surface area contributed by atoms with Crippen LogP contribution < -0.4 is 4.18 Å². The smallest absolute Gasteiger partial charge is 0.311 e. The minimum absolute atomic E-state index is 0.0544. The molecule has 0 bridgehead atoms. The number of benzene rings is 2. The topological polar surface area (TPSA) is 72.9 Å². The van der Waals surface area contributed by atoms with Crippen molar-refractivity contribution >= 4 is 16.0 Å². The predicted octanol–water partition coefficient (Wildman–Crippen LogP) is 3.76. The summed E-state index contributed by atoms with van der Waals surface area (Å²) < 4.78 is 48.2. The van der Waals surface area contributed by atoms with Gasteiger partial charge in [0.25, 0.3) is 5.91 Å². The highest BCUT2D eigenvalue weighted by molar-refractivity contribution is 7.87. The number of hydrogen-bond acceptors (Lipinski definition) is 5. The fourth-order valence-electron chi connectivity index (χ4n) is 3.16. The first kappa shape index (κ1) is 22.2. The summed E-state index contributed by atoms with van der Waals surface area (Å²) in [6.07, 6.45) is 1.76. The lowest BCUT2D eigenvalue weighted by Crippen LogP contribution is -2.37. The minimum atomic E-state index is -3.67. The molecule has 0 aromatic heterocycles. The van der Waals surface area contributed by atoms with Crippen molar-refractivity contribution < 1.29 is 26.5 Å². The molecule has 6 nitrogen and oxygen atoms in total. The molecule has 1 atom stereocenters. The Morgan fingerprint density at radius 3 is 2.57 bits per heavy atom. The molecule has 1 fully saturated rings. The van der Waals surface area contributed by atoms with Crippen LogP contribution in [0.1, 0.15) is 42.6 Å². The molecule has 2 aromatic carbocycles. The maximum Gasteiger partial charge on any atom is 0.311 e. The lowest BCUT2D eigenvalue weighted by molar-refractivity contribution is 0.0507. The lowest BCUT2D eigenvalue weighted by atomic mass is 10.1. The van der Waals surface area contributed by atoms with Crippen LogP contribution in [0, 0.1) is 5.82 Å². The molecule has 0 radical (unpaired) electrons. The van der Waals surface area contributed by atoms with Crippen LogP contribution in [0.5, 0.6) is 5.75 Å². The first-order valence-electron chi connectivity index (χ1n) is 9.93. The summed E-state index contributed by atoms with van der Waals surface area (Å²) in [6.45, 7) is 4.44. The number of halogens is 1. The van der Waals surface area contributed by atoms with Crippen molar-refractivity contribution in [3.05, 3.63) is 65.5 Å². The van der Waals surface area contributed by atoms with Gasteiger partial charge in [0.05, 0.1) is 11.4 Å². The van der Waals surface area contributed by atoms with Crippen LogP contribution >= 0.6 is 0 Å². The van der Waals surface area contributed by atoms with E-state index in [2.05, 4.69) is 0 Å². The van der Waals surface area contributed by atoms with Gasteiger partial charge >= 0.3 is 10.1 Å². The Balaban J connectivity index is 1.76. The molecule has 0 N–H and O–H groups in total. The second-order valence-electron chi connectivity index (χ2n) is 7.60. The zero-order valence-electron chi connectivity index (χ0n) is 17.1. The normalized spacial score (nSPS) is 16.6. The summed E-state index contributed by atoms with van der Waals surface area (Å²) in [7, 11) is -3.67. The molecule has 1 heterocycles. The molecule has 2 aromatic rings. The van der Waals surface area contributed by atoms with E-state index in [4.69, 9.17) is 8.92 Å². The Bertz CT molecular complexity index is 969. The van der Waals surface area contributed by atoms with Crippen LogP contribution in [0.4, 0.5) is 4.39 Å². The molecule has 162 valence electrons. The summed E-state index contributed by atoms with van der Waals surface area (Å²) in [5.41, 5.74) is 1.07. The molecular weight excluding hydrogens is 409 g/mol. The van der Waals surface area contributed by atoms with Crippen LogP contribution in [-0.4, -0.2) is 43.7 Å². The van der Waals surface area contributed by atoms with Crippen LogP contribution in [0.2, 0.25) is 0 Å². The van der Waals surface area contributed by atoms with Gasteiger partial charge < -0.3 is 13.8 Å². The predicted molar refractivity (Wildman–Crippen MR) is 111 cm³/mol. The molecule has 1 unspecified atom stereocenters. The largest absolute Gasteiger partial charge is 0.382 e. The molecule has 1 saturated heterocycles. The van der Waals surface area contributed by atoms with Gasteiger partial charge in [-0.1, -0.05) is 18.2 Å². The number of carbonyl (C=O) groups excluding carboxylic acids is 1. The Kier molecular flexibility index (Phi) is 7.10. The first-order chi connectivity index (χ1) is 14.2. The van der Waals surface area contributed by atoms with E-state index in [0.29, 0.717) is 13.2 Å². The average molecular weight is 436 g/mol. The van der Waals surface area contributed by atoms with Crippen molar-refractivity contribution in [1.82, 2.24) is 4.90 Å². The third-order valence-electron chi connectivity index (χ3n) is 4.89. The summed E-state index contributed by atoms with van der Waals surface area (Å²) in [4.78, 5) is 14.6. The van der Waals surface area contributed by atoms with Gasteiger partial charge in [0.2, 0.25) is 0 Å². The van der Waals surface area contributed by atoms with Gasteiger partial charge in [-0.15, -0.1) is 0 Å². The molecule has 1 aliphatic rings. The Morgan fingerprint density at radius 1 is 1.23 bits per heavy atom.